The van der Waals surface area contributed by atoms with Gasteiger partial charge in [0.05, 0.1) is 0 Å². The third-order valence-electron chi connectivity index (χ3n) is 0.280. The van der Waals surface area contributed by atoms with Gasteiger partial charge in [-0.1, -0.05) is 11.6 Å². The van der Waals surface area contributed by atoms with Gasteiger partial charge >= 0.3 is 0 Å². The number of hydrogen-bond donors (Lipinski definition) is 2. The van der Waals surface area contributed by atoms with E-state index in [2.05, 4.69) is 5.73 Å². The fourth-order valence-electron chi connectivity index (χ4n) is 0.136. The van der Waals surface area contributed by atoms with Crippen molar-refractivity contribution in [1.29, 1.82) is 0 Å². The first kappa shape index (κ1) is 6.30. The van der Waals surface area contributed by atoms with Crippen LogP contribution in [0.25, 0.3) is 0 Å². The summed E-state index contributed by atoms with van der Waals surface area (Å²) in [7, 11) is 0. The Morgan fingerprint density at radius 3 is 2.00 bits per heavy atom. The molecule has 0 rings (SSSR count). The standard InChI is InChI=1S/C3H5ClN2O/c4-2(5)1-3(6)7/h1H,5H2,(H2,6,7)/b2-1-. The second kappa shape index (κ2) is 2.47. The van der Waals surface area contributed by atoms with Crippen molar-refractivity contribution in [3.63, 3.8) is 0 Å². The van der Waals surface area contributed by atoms with Crippen LogP contribution < -0.4 is 11.5 Å². The van der Waals surface area contributed by atoms with Gasteiger partial charge < -0.3 is 11.5 Å². The predicted octanol–water partition coefficient (Wildman–Crippen LogP) is -0.489. The highest BCUT2D eigenvalue weighted by molar-refractivity contribution is 6.30. The number of hydrogen-bond acceptors (Lipinski definition) is 2. The topological polar surface area (TPSA) is 69.1 Å². The molecule has 0 fully saturated rings. The fourth-order valence-corrected chi connectivity index (χ4v) is 0.243. The van der Waals surface area contributed by atoms with Gasteiger partial charge in [-0.25, -0.2) is 0 Å². The molecule has 0 saturated carbocycles. The maximum absolute atomic E-state index is 9.79. The lowest BCUT2D eigenvalue weighted by molar-refractivity contribution is -0.113. The molecule has 0 aromatic heterocycles. The molecule has 0 aliphatic rings. The lowest BCUT2D eigenvalue weighted by Gasteiger charge is -1.79. The van der Waals surface area contributed by atoms with Crippen molar-refractivity contribution < 1.29 is 4.79 Å². The van der Waals surface area contributed by atoms with E-state index in [1.165, 1.54) is 0 Å². The lowest BCUT2D eigenvalue weighted by atomic mass is 10.6. The van der Waals surface area contributed by atoms with E-state index >= 15 is 0 Å². The number of primary amides is 1. The maximum Gasteiger partial charge on any atom is 0.244 e. The molecular weight excluding hydrogens is 115 g/mol. The van der Waals surface area contributed by atoms with Gasteiger partial charge in [0.2, 0.25) is 5.91 Å². The number of halogens is 1. The van der Waals surface area contributed by atoms with Gasteiger partial charge in [-0.2, -0.15) is 0 Å². The van der Waals surface area contributed by atoms with Crippen molar-refractivity contribution in [1.82, 2.24) is 0 Å². The third kappa shape index (κ3) is 5.30. The molecule has 0 radical (unpaired) electrons. The van der Waals surface area contributed by atoms with Crippen LogP contribution >= 0.6 is 11.6 Å². The SMILES string of the molecule is NC(=O)/C=C(\N)Cl. The highest BCUT2D eigenvalue weighted by Crippen LogP contribution is 1.85. The molecule has 40 valence electrons. The van der Waals surface area contributed by atoms with Crippen molar-refractivity contribution in [2.45, 2.75) is 0 Å². The van der Waals surface area contributed by atoms with Crippen LogP contribution in [0.3, 0.4) is 0 Å². The minimum atomic E-state index is -0.632. The van der Waals surface area contributed by atoms with E-state index in [0.717, 1.165) is 6.08 Å². The van der Waals surface area contributed by atoms with Crippen LogP contribution in [0, 0.1) is 0 Å². The summed E-state index contributed by atoms with van der Waals surface area (Å²) >= 11 is 5.01. The lowest BCUT2D eigenvalue weighted by Crippen LogP contribution is -2.07. The smallest absolute Gasteiger partial charge is 0.244 e. The molecule has 0 bridgehead atoms. The Hall–Kier alpha value is -0.700. The summed E-state index contributed by atoms with van der Waals surface area (Å²) in [5, 5.41) is -0.0903. The van der Waals surface area contributed by atoms with Crippen LogP contribution in [0.2, 0.25) is 0 Å². The molecule has 4 N–H and O–H groups in total. The van der Waals surface area contributed by atoms with E-state index in [4.69, 9.17) is 17.3 Å². The molecule has 0 aromatic carbocycles. The second-order valence-corrected chi connectivity index (χ2v) is 1.37. The number of carbonyl (C=O) groups is 1. The van der Waals surface area contributed by atoms with Crippen LogP contribution in [0.4, 0.5) is 0 Å². The molecule has 7 heavy (non-hydrogen) atoms. The molecular formula is C3H5ClN2O. The van der Waals surface area contributed by atoms with Gasteiger partial charge in [-0.05, 0) is 0 Å². The Balaban J connectivity index is 3.68. The molecule has 3 nitrogen and oxygen atoms in total. The van der Waals surface area contributed by atoms with Gasteiger partial charge in [-0.3, -0.25) is 4.79 Å². The van der Waals surface area contributed by atoms with Gasteiger partial charge in [0.25, 0.3) is 0 Å². The van der Waals surface area contributed by atoms with Crippen LogP contribution in [0.5, 0.6) is 0 Å². The van der Waals surface area contributed by atoms with Crippen LogP contribution in [-0.4, -0.2) is 5.91 Å². The molecule has 0 aliphatic heterocycles. The van der Waals surface area contributed by atoms with E-state index in [0.29, 0.717) is 0 Å². The van der Waals surface area contributed by atoms with Crippen molar-refractivity contribution >= 4 is 17.5 Å². The first-order valence-corrected chi connectivity index (χ1v) is 1.93. The van der Waals surface area contributed by atoms with Crippen LogP contribution in [0.15, 0.2) is 11.2 Å². The van der Waals surface area contributed by atoms with Crippen LogP contribution in [0.1, 0.15) is 0 Å². The number of carbonyl (C=O) groups excluding carboxylic acids is 1. The van der Waals surface area contributed by atoms with E-state index in [9.17, 15) is 4.79 Å². The summed E-state index contributed by atoms with van der Waals surface area (Å²) in [6.45, 7) is 0. The zero-order chi connectivity index (χ0) is 5.86. The summed E-state index contributed by atoms with van der Waals surface area (Å²) in [6, 6.07) is 0. The van der Waals surface area contributed by atoms with Crippen LogP contribution in [-0.2, 0) is 4.79 Å². The summed E-state index contributed by atoms with van der Waals surface area (Å²) < 4.78 is 0. The maximum atomic E-state index is 9.79. The van der Waals surface area contributed by atoms with Gasteiger partial charge in [-0.15, -0.1) is 0 Å². The molecule has 0 aliphatic carbocycles. The normalized spacial score (nSPS) is 11.3. The summed E-state index contributed by atoms with van der Waals surface area (Å²) in [5.41, 5.74) is 9.43. The minimum Gasteiger partial charge on any atom is -0.389 e. The number of rotatable bonds is 1. The quantitative estimate of drug-likeness (QED) is 0.362. The molecule has 0 unspecified atom stereocenters. The number of nitrogens with two attached hydrogens (primary N) is 2. The van der Waals surface area contributed by atoms with E-state index < -0.39 is 5.91 Å². The van der Waals surface area contributed by atoms with Crippen molar-refractivity contribution in [3.05, 3.63) is 11.2 Å². The monoisotopic (exact) mass is 120 g/mol. The molecule has 0 aromatic rings. The summed E-state index contributed by atoms with van der Waals surface area (Å²) in [6.07, 6.45) is 0.932. The second-order valence-electron chi connectivity index (χ2n) is 0.932. The highest BCUT2D eigenvalue weighted by atomic mass is 35.5. The highest BCUT2D eigenvalue weighted by Gasteiger charge is 1.83. The van der Waals surface area contributed by atoms with Crippen molar-refractivity contribution in [2.75, 3.05) is 0 Å². The summed E-state index contributed by atoms with van der Waals surface area (Å²) in [5.74, 6) is -0.632. The van der Waals surface area contributed by atoms with Crippen molar-refractivity contribution in [2.24, 2.45) is 11.5 Å². The third-order valence-corrected chi connectivity index (χ3v) is 0.389. The Kier molecular flexibility index (Phi) is 2.22. The first-order chi connectivity index (χ1) is 3.13. The summed E-state index contributed by atoms with van der Waals surface area (Å²) in [4.78, 5) is 9.79. The van der Waals surface area contributed by atoms with E-state index in [-0.39, 0.29) is 5.16 Å². The zero-order valence-corrected chi connectivity index (χ0v) is 4.27. The van der Waals surface area contributed by atoms with E-state index in [1.807, 2.05) is 0 Å². The fraction of sp³-hybridized carbons (Fsp3) is 0. The zero-order valence-electron chi connectivity index (χ0n) is 3.52. The van der Waals surface area contributed by atoms with Gasteiger partial charge in [0.1, 0.15) is 5.16 Å². The van der Waals surface area contributed by atoms with Crippen molar-refractivity contribution in [3.8, 4) is 0 Å². The predicted molar refractivity (Wildman–Crippen MR) is 27.3 cm³/mol. The Morgan fingerprint density at radius 1 is 1.57 bits per heavy atom. The molecule has 0 heterocycles. The first-order valence-electron chi connectivity index (χ1n) is 1.55. The van der Waals surface area contributed by atoms with Gasteiger partial charge in [0.15, 0.2) is 0 Å². The molecule has 0 spiro atoms. The average Bonchev–Trinajstić information content (AvgIpc) is 1.27. The average molecular weight is 121 g/mol. The van der Waals surface area contributed by atoms with Gasteiger partial charge in [0, 0.05) is 6.08 Å². The Morgan fingerprint density at radius 2 is 2.00 bits per heavy atom. The molecule has 0 atom stereocenters. The largest absolute Gasteiger partial charge is 0.389 e. The van der Waals surface area contributed by atoms with E-state index in [1.54, 1.807) is 0 Å². The minimum absolute atomic E-state index is 0.0903. The number of amides is 1. The Labute approximate surface area is 45.9 Å². The Bertz CT molecular complexity index is 106. The molecule has 0 saturated heterocycles. The molecule has 4 heteroatoms. The molecule has 1 amide bonds.